The highest BCUT2D eigenvalue weighted by molar-refractivity contribution is 7.97. The minimum atomic E-state index is -0.342. The summed E-state index contributed by atoms with van der Waals surface area (Å²) in [6.45, 7) is 0. The van der Waals surface area contributed by atoms with Crippen molar-refractivity contribution in [1.29, 1.82) is 0 Å². The van der Waals surface area contributed by atoms with Crippen LogP contribution in [0.15, 0.2) is 59.7 Å². The van der Waals surface area contributed by atoms with Gasteiger partial charge in [-0.05, 0) is 17.7 Å². The van der Waals surface area contributed by atoms with Crippen LogP contribution >= 0.6 is 11.9 Å². The Morgan fingerprint density at radius 3 is 2.70 bits per heavy atom. The van der Waals surface area contributed by atoms with E-state index in [9.17, 15) is 4.79 Å². The van der Waals surface area contributed by atoms with Crippen LogP contribution < -0.4 is 14.9 Å². The van der Waals surface area contributed by atoms with Gasteiger partial charge in [-0.1, -0.05) is 54.4 Å². The number of para-hydroxylation sites is 1. The van der Waals surface area contributed by atoms with Crippen LogP contribution in [0.25, 0.3) is 0 Å². The van der Waals surface area contributed by atoms with E-state index in [0.29, 0.717) is 6.42 Å². The lowest BCUT2D eigenvalue weighted by Gasteiger charge is -2.27. The van der Waals surface area contributed by atoms with Crippen LogP contribution in [0.2, 0.25) is 0 Å². The molecule has 0 radical (unpaired) electrons. The maximum atomic E-state index is 11.6. The Bertz CT molecular complexity index is 719. The highest BCUT2D eigenvalue weighted by atomic mass is 32.2. The van der Waals surface area contributed by atoms with E-state index in [2.05, 4.69) is 15.2 Å². The van der Waals surface area contributed by atoms with Gasteiger partial charge in [0.05, 0.1) is 5.71 Å². The fourth-order valence-corrected chi connectivity index (χ4v) is 2.71. The molecule has 1 atom stereocenters. The van der Waals surface area contributed by atoms with Gasteiger partial charge < -0.3 is 4.74 Å². The lowest BCUT2D eigenvalue weighted by atomic mass is 9.96. The third kappa shape index (κ3) is 3.65. The second-order valence-corrected chi connectivity index (χ2v) is 5.64. The molecule has 0 aliphatic carbocycles. The molecule has 0 saturated heterocycles. The molecule has 1 aliphatic rings. The number of carbonyl (C=O) groups excluding carboxylic acids is 1. The van der Waals surface area contributed by atoms with Gasteiger partial charge >= 0.3 is 6.03 Å². The molecule has 2 aromatic carbocycles. The molecule has 1 heterocycles. The molecule has 1 aliphatic heterocycles. The summed E-state index contributed by atoms with van der Waals surface area (Å²) in [5.41, 5.74) is 5.32. The summed E-state index contributed by atoms with van der Waals surface area (Å²) in [4.78, 5) is 11.6. The van der Waals surface area contributed by atoms with Crippen LogP contribution in [0.1, 0.15) is 23.7 Å². The van der Waals surface area contributed by atoms with Crippen molar-refractivity contribution in [3.63, 3.8) is 0 Å². The number of rotatable bonds is 3. The average Bonchev–Trinajstić information content (AvgIpc) is 2.60. The average molecular weight is 327 g/mol. The summed E-state index contributed by atoms with van der Waals surface area (Å²) in [5.74, 6) is 0.776. The predicted molar refractivity (Wildman–Crippen MR) is 92.6 cm³/mol. The van der Waals surface area contributed by atoms with E-state index in [1.807, 2.05) is 54.6 Å². The fourth-order valence-electron chi connectivity index (χ4n) is 2.48. The van der Waals surface area contributed by atoms with Gasteiger partial charge in [-0.25, -0.2) is 10.2 Å². The molecule has 2 N–H and O–H groups in total. The molecule has 0 spiro atoms. The molecule has 118 valence electrons. The summed E-state index contributed by atoms with van der Waals surface area (Å²) >= 11 is 1.22. The Balaban J connectivity index is 1.88. The number of amides is 2. The Morgan fingerprint density at radius 1 is 1.17 bits per heavy atom. The second-order valence-electron chi connectivity index (χ2n) is 5.02. The first kappa shape index (κ1) is 15.4. The van der Waals surface area contributed by atoms with E-state index < -0.39 is 0 Å². The maximum Gasteiger partial charge on any atom is 0.345 e. The summed E-state index contributed by atoms with van der Waals surface area (Å²) in [5, 5.41) is 4.28. The summed E-state index contributed by atoms with van der Waals surface area (Å²) < 4.78 is 8.67. The minimum absolute atomic E-state index is 0.115. The van der Waals surface area contributed by atoms with Gasteiger partial charge in [0.15, 0.2) is 0 Å². The predicted octanol–water partition coefficient (Wildman–Crippen LogP) is 3.49. The first-order valence-electron chi connectivity index (χ1n) is 7.24. The molecule has 0 fully saturated rings. The molecule has 0 saturated carbocycles. The van der Waals surface area contributed by atoms with Crippen molar-refractivity contribution in [3.05, 3.63) is 65.7 Å². The zero-order chi connectivity index (χ0) is 16.1. The largest absolute Gasteiger partial charge is 0.485 e. The molecule has 6 heteroatoms. The van der Waals surface area contributed by atoms with Crippen LogP contribution in [-0.4, -0.2) is 18.0 Å². The van der Waals surface area contributed by atoms with E-state index in [1.165, 1.54) is 11.9 Å². The molecule has 23 heavy (non-hydrogen) atoms. The van der Waals surface area contributed by atoms with E-state index in [1.54, 1.807) is 6.26 Å². The number of nitrogens with zero attached hydrogens (tertiary/aromatic N) is 1. The summed E-state index contributed by atoms with van der Waals surface area (Å²) in [7, 11) is 0. The molecule has 3 rings (SSSR count). The van der Waals surface area contributed by atoms with Gasteiger partial charge in [0.1, 0.15) is 11.9 Å². The van der Waals surface area contributed by atoms with Crippen LogP contribution in [0.4, 0.5) is 4.79 Å². The number of hydrogen-bond donors (Lipinski definition) is 2. The Hall–Kier alpha value is -2.47. The van der Waals surface area contributed by atoms with Gasteiger partial charge in [-0.2, -0.15) is 5.10 Å². The number of carbonyl (C=O) groups is 1. The topological polar surface area (TPSA) is 62.7 Å². The van der Waals surface area contributed by atoms with Crippen molar-refractivity contribution in [2.75, 3.05) is 6.26 Å². The Morgan fingerprint density at radius 2 is 1.91 bits per heavy atom. The van der Waals surface area contributed by atoms with Gasteiger partial charge in [-0.15, -0.1) is 0 Å². The number of ether oxygens (including phenoxy) is 1. The Labute approximate surface area is 139 Å². The standard InChI is InChI=1S/C17H17N3O2S/c1-23-20-17(21)19-18-14-11-16(12-7-3-2-4-8-12)22-15-10-6-5-9-13(14)15/h2-10,16H,11H2,1H3,(H2,19,20,21)/b18-14-. The SMILES string of the molecule is CSNC(=O)N/N=C1/CC(c2ccccc2)Oc2ccccc21. The zero-order valence-corrected chi connectivity index (χ0v) is 13.5. The van der Waals surface area contributed by atoms with Gasteiger partial charge in [0.25, 0.3) is 0 Å². The zero-order valence-electron chi connectivity index (χ0n) is 12.7. The normalized spacial score (nSPS) is 18.0. The number of urea groups is 1. The number of benzene rings is 2. The van der Waals surface area contributed by atoms with Crippen molar-refractivity contribution in [1.82, 2.24) is 10.1 Å². The van der Waals surface area contributed by atoms with Crippen molar-refractivity contribution in [2.24, 2.45) is 5.10 Å². The second kappa shape index (κ2) is 7.19. The van der Waals surface area contributed by atoms with Gasteiger partial charge in [-0.3, -0.25) is 4.72 Å². The van der Waals surface area contributed by atoms with Crippen molar-refractivity contribution in [3.8, 4) is 5.75 Å². The van der Waals surface area contributed by atoms with E-state index in [4.69, 9.17) is 4.74 Å². The molecular formula is C17H17N3O2S. The molecule has 5 nitrogen and oxygen atoms in total. The highest BCUT2D eigenvalue weighted by Crippen LogP contribution is 2.34. The number of hydrogen-bond acceptors (Lipinski definition) is 4. The number of hydrazone groups is 1. The van der Waals surface area contributed by atoms with Crippen LogP contribution in [0.5, 0.6) is 5.75 Å². The molecule has 2 amide bonds. The molecule has 1 unspecified atom stereocenters. The highest BCUT2D eigenvalue weighted by Gasteiger charge is 2.26. The quantitative estimate of drug-likeness (QED) is 0.670. The summed E-state index contributed by atoms with van der Waals surface area (Å²) in [6.07, 6.45) is 2.26. The fraction of sp³-hybridized carbons (Fsp3) is 0.176. The van der Waals surface area contributed by atoms with E-state index in [0.717, 1.165) is 22.6 Å². The number of fused-ring (bicyclic) bond motifs is 1. The first-order valence-corrected chi connectivity index (χ1v) is 8.47. The van der Waals surface area contributed by atoms with Crippen LogP contribution in [0.3, 0.4) is 0 Å². The monoisotopic (exact) mass is 327 g/mol. The van der Waals surface area contributed by atoms with Crippen LogP contribution in [0, 0.1) is 0 Å². The Kier molecular flexibility index (Phi) is 4.83. The summed E-state index contributed by atoms with van der Waals surface area (Å²) in [6, 6.07) is 17.4. The molecule has 0 aromatic heterocycles. The van der Waals surface area contributed by atoms with E-state index in [-0.39, 0.29) is 12.1 Å². The van der Waals surface area contributed by atoms with Crippen LogP contribution in [-0.2, 0) is 0 Å². The first-order chi connectivity index (χ1) is 11.3. The van der Waals surface area contributed by atoms with E-state index >= 15 is 0 Å². The lowest BCUT2D eigenvalue weighted by Crippen LogP contribution is -2.30. The maximum absolute atomic E-state index is 11.6. The van der Waals surface area contributed by atoms with Crippen molar-refractivity contribution >= 4 is 23.7 Å². The van der Waals surface area contributed by atoms with Gasteiger partial charge in [0, 0.05) is 18.2 Å². The lowest BCUT2D eigenvalue weighted by molar-refractivity contribution is 0.206. The third-order valence-corrected chi connectivity index (χ3v) is 3.89. The minimum Gasteiger partial charge on any atom is -0.485 e. The molecule has 0 bridgehead atoms. The third-order valence-electron chi connectivity index (χ3n) is 3.50. The molecular weight excluding hydrogens is 310 g/mol. The number of nitrogens with one attached hydrogen (secondary N) is 2. The van der Waals surface area contributed by atoms with Crippen molar-refractivity contribution in [2.45, 2.75) is 12.5 Å². The molecule has 2 aromatic rings. The van der Waals surface area contributed by atoms with Crippen molar-refractivity contribution < 1.29 is 9.53 Å². The van der Waals surface area contributed by atoms with Gasteiger partial charge in [0.2, 0.25) is 0 Å². The smallest absolute Gasteiger partial charge is 0.345 e.